The SMILES string of the molecule is CC(C)[C@H]1CC[C@@H](C)CCN1C(=O)c1nccn2ccnc12. The van der Waals surface area contributed by atoms with Crippen molar-refractivity contribution in [3.63, 3.8) is 0 Å². The van der Waals surface area contributed by atoms with Gasteiger partial charge < -0.3 is 9.30 Å². The highest BCUT2D eigenvalue weighted by Gasteiger charge is 2.31. The van der Waals surface area contributed by atoms with Gasteiger partial charge in [0.15, 0.2) is 11.3 Å². The van der Waals surface area contributed by atoms with Crippen molar-refractivity contribution in [2.24, 2.45) is 11.8 Å². The summed E-state index contributed by atoms with van der Waals surface area (Å²) in [6, 6.07) is 0.287. The highest BCUT2D eigenvalue weighted by atomic mass is 16.2. The van der Waals surface area contributed by atoms with Gasteiger partial charge in [-0.05, 0) is 31.1 Å². The molecule has 3 heterocycles. The molecule has 0 N–H and O–H groups in total. The lowest BCUT2D eigenvalue weighted by Gasteiger charge is -2.32. The first-order chi connectivity index (χ1) is 10.6. The van der Waals surface area contributed by atoms with Gasteiger partial charge in [-0.2, -0.15) is 0 Å². The van der Waals surface area contributed by atoms with Crippen molar-refractivity contribution in [3.05, 3.63) is 30.5 Å². The van der Waals surface area contributed by atoms with E-state index in [1.54, 1.807) is 12.4 Å². The molecule has 2 atom stereocenters. The van der Waals surface area contributed by atoms with Crippen LogP contribution in [0, 0.1) is 11.8 Å². The second-order valence-electron chi connectivity index (χ2n) is 6.72. The molecular weight excluding hydrogens is 276 g/mol. The molecular formula is C17H24N4O. The Kier molecular flexibility index (Phi) is 4.14. The first-order valence-corrected chi connectivity index (χ1v) is 8.16. The molecule has 1 amide bonds. The van der Waals surface area contributed by atoms with Crippen molar-refractivity contribution in [3.8, 4) is 0 Å². The number of carbonyl (C=O) groups is 1. The van der Waals surface area contributed by atoms with Gasteiger partial charge in [0.1, 0.15) is 0 Å². The van der Waals surface area contributed by atoms with E-state index in [1.807, 2.05) is 21.7 Å². The van der Waals surface area contributed by atoms with Crippen LogP contribution in [0.25, 0.3) is 5.65 Å². The van der Waals surface area contributed by atoms with Gasteiger partial charge in [-0.25, -0.2) is 9.97 Å². The van der Waals surface area contributed by atoms with Crippen molar-refractivity contribution in [1.29, 1.82) is 0 Å². The molecule has 0 spiro atoms. The van der Waals surface area contributed by atoms with E-state index >= 15 is 0 Å². The van der Waals surface area contributed by atoms with Gasteiger partial charge in [0.25, 0.3) is 5.91 Å². The molecule has 1 fully saturated rings. The number of imidazole rings is 1. The van der Waals surface area contributed by atoms with Gasteiger partial charge in [0.05, 0.1) is 0 Å². The fourth-order valence-corrected chi connectivity index (χ4v) is 3.37. The Morgan fingerprint density at radius 3 is 2.64 bits per heavy atom. The lowest BCUT2D eigenvalue weighted by molar-refractivity contribution is 0.0626. The maximum atomic E-state index is 13.1. The van der Waals surface area contributed by atoms with E-state index in [2.05, 4.69) is 30.7 Å². The average molecular weight is 300 g/mol. The Hall–Kier alpha value is -1.91. The molecule has 0 saturated carbocycles. The predicted molar refractivity (Wildman–Crippen MR) is 85.7 cm³/mol. The van der Waals surface area contributed by atoms with Crippen LogP contribution in [0.3, 0.4) is 0 Å². The molecule has 2 aromatic heterocycles. The number of rotatable bonds is 2. The van der Waals surface area contributed by atoms with Crippen LogP contribution >= 0.6 is 0 Å². The van der Waals surface area contributed by atoms with Crippen molar-refractivity contribution in [2.45, 2.75) is 46.1 Å². The normalized spacial score (nSPS) is 23.0. The highest BCUT2D eigenvalue weighted by molar-refractivity contribution is 5.98. The largest absolute Gasteiger partial charge is 0.334 e. The van der Waals surface area contributed by atoms with Crippen molar-refractivity contribution in [1.82, 2.24) is 19.3 Å². The molecule has 1 aliphatic heterocycles. The summed E-state index contributed by atoms with van der Waals surface area (Å²) in [5, 5.41) is 0. The summed E-state index contributed by atoms with van der Waals surface area (Å²) in [5.41, 5.74) is 1.11. The zero-order valence-electron chi connectivity index (χ0n) is 13.6. The van der Waals surface area contributed by atoms with E-state index in [-0.39, 0.29) is 11.9 Å². The smallest absolute Gasteiger partial charge is 0.276 e. The summed E-state index contributed by atoms with van der Waals surface area (Å²) < 4.78 is 1.85. The number of fused-ring (bicyclic) bond motifs is 1. The lowest BCUT2D eigenvalue weighted by Crippen LogP contribution is -2.43. The van der Waals surface area contributed by atoms with Gasteiger partial charge in [0.2, 0.25) is 0 Å². The summed E-state index contributed by atoms with van der Waals surface area (Å²) in [6.07, 6.45) is 10.4. The fraction of sp³-hybridized carbons (Fsp3) is 0.588. The van der Waals surface area contributed by atoms with Gasteiger partial charge >= 0.3 is 0 Å². The van der Waals surface area contributed by atoms with Gasteiger partial charge in [-0.1, -0.05) is 20.8 Å². The van der Waals surface area contributed by atoms with E-state index < -0.39 is 0 Å². The lowest BCUT2D eigenvalue weighted by atomic mass is 9.95. The minimum absolute atomic E-state index is 0.0181. The molecule has 0 radical (unpaired) electrons. The molecule has 1 saturated heterocycles. The van der Waals surface area contributed by atoms with Crippen molar-refractivity contribution < 1.29 is 4.79 Å². The van der Waals surface area contributed by atoms with E-state index in [9.17, 15) is 4.79 Å². The van der Waals surface area contributed by atoms with E-state index in [1.165, 1.54) is 6.42 Å². The molecule has 5 heteroatoms. The summed E-state index contributed by atoms with van der Waals surface area (Å²) in [4.78, 5) is 23.7. The third-order valence-electron chi connectivity index (χ3n) is 4.76. The zero-order chi connectivity index (χ0) is 15.7. The van der Waals surface area contributed by atoms with Crippen LogP contribution in [-0.4, -0.2) is 37.8 Å². The molecule has 0 aliphatic carbocycles. The van der Waals surface area contributed by atoms with Gasteiger partial charge in [0, 0.05) is 37.4 Å². The second kappa shape index (κ2) is 6.07. The average Bonchev–Trinajstić information content (AvgIpc) is 2.89. The Balaban J connectivity index is 1.96. The Labute approximate surface area is 131 Å². The van der Waals surface area contributed by atoms with Crippen LogP contribution in [0.4, 0.5) is 0 Å². The second-order valence-corrected chi connectivity index (χ2v) is 6.72. The van der Waals surface area contributed by atoms with Crippen LogP contribution in [0.15, 0.2) is 24.8 Å². The highest BCUT2D eigenvalue weighted by Crippen LogP contribution is 2.27. The third-order valence-corrected chi connectivity index (χ3v) is 4.76. The number of hydrogen-bond donors (Lipinski definition) is 0. The number of amides is 1. The summed E-state index contributed by atoms with van der Waals surface area (Å²) >= 11 is 0. The number of likely N-dealkylation sites (tertiary alicyclic amines) is 1. The van der Waals surface area contributed by atoms with Crippen LogP contribution < -0.4 is 0 Å². The van der Waals surface area contributed by atoms with Crippen LogP contribution in [0.1, 0.15) is 50.5 Å². The number of carbonyl (C=O) groups excluding carboxylic acids is 1. The summed E-state index contributed by atoms with van der Waals surface area (Å²) in [6.45, 7) is 7.49. The molecule has 0 bridgehead atoms. The summed E-state index contributed by atoms with van der Waals surface area (Å²) in [7, 11) is 0. The monoisotopic (exact) mass is 300 g/mol. The molecule has 118 valence electrons. The molecule has 2 aromatic rings. The first kappa shape index (κ1) is 15.0. The Morgan fingerprint density at radius 1 is 1.18 bits per heavy atom. The zero-order valence-corrected chi connectivity index (χ0v) is 13.6. The van der Waals surface area contributed by atoms with E-state index in [0.29, 0.717) is 23.2 Å². The van der Waals surface area contributed by atoms with Gasteiger partial charge in [-0.15, -0.1) is 0 Å². The summed E-state index contributed by atoms with van der Waals surface area (Å²) in [5.74, 6) is 1.15. The number of aromatic nitrogens is 3. The van der Waals surface area contributed by atoms with E-state index in [4.69, 9.17) is 0 Å². The molecule has 3 rings (SSSR count). The predicted octanol–water partition coefficient (Wildman–Crippen LogP) is 3.02. The van der Waals surface area contributed by atoms with Crippen LogP contribution in [0.5, 0.6) is 0 Å². The fourth-order valence-electron chi connectivity index (χ4n) is 3.37. The van der Waals surface area contributed by atoms with Crippen molar-refractivity contribution >= 4 is 11.6 Å². The molecule has 0 aromatic carbocycles. The van der Waals surface area contributed by atoms with E-state index in [0.717, 1.165) is 19.4 Å². The minimum atomic E-state index is 0.0181. The first-order valence-electron chi connectivity index (χ1n) is 8.16. The maximum Gasteiger partial charge on any atom is 0.276 e. The molecule has 5 nitrogen and oxygen atoms in total. The minimum Gasteiger partial charge on any atom is -0.334 e. The Bertz CT molecular complexity index is 663. The van der Waals surface area contributed by atoms with Crippen LogP contribution in [0.2, 0.25) is 0 Å². The number of nitrogens with zero attached hydrogens (tertiary/aromatic N) is 4. The van der Waals surface area contributed by atoms with Crippen LogP contribution in [-0.2, 0) is 0 Å². The molecule has 1 aliphatic rings. The Morgan fingerprint density at radius 2 is 1.91 bits per heavy atom. The molecule has 0 unspecified atom stereocenters. The number of hydrogen-bond acceptors (Lipinski definition) is 3. The maximum absolute atomic E-state index is 13.1. The third kappa shape index (κ3) is 2.72. The topological polar surface area (TPSA) is 50.5 Å². The van der Waals surface area contributed by atoms with Gasteiger partial charge in [-0.3, -0.25) is 4.79 Å². The van der Waals surface area contributed by atoms with Crippen molar-refractivity contribution in [2.75, 3.05) is 6.54 Å². The molecule has 22 heavy (non-hydrogen) atoms. The standard InChI is InChI=1S/C17H24N4O/c1-12(2)14-5-4-13(3)6-9-21(14)17(22)15-16-19-8-11-20(16)10-7-18-15/h7-8,10-14H,4-6,9H2,1-3H3/t13-,14-/m1/s1. The quantitative estimate of drug-likeness (QED) is 0.856.